The van der Waals surface area contributed by atoms with Crippen LogP contribution in [0.2, 0.25) is 0 Å². The molecular formula is C10H11BrN2O. The summed E-state index contributed by atoms with van der Waals surface area (Å²) in [5.41, 5.74) is 5.78. The summed E-state index contributed by atoms with van der Waals surface area (Å²) in [6, 6.07) is 1.79. The normalized spacial score (nSPS) is 12.5. The minimum atomic E-state index is -0.110. The summed E-state index contributed by atoms with van der Waals surface area (Å²) in [6.07, 6.45) is 4.92. The van der Waals surface area contributed by atoms with Gasteiger partial charge in [0, 0.05) is 16.2 Å². The predicted octanol–water partition coefficient (Wildman–Crippen LogP) is -0.0670. The molecule has 0 amide bonds. The highest BCUT2D eigenvalue weighted by Gasteiger charge is 1.96. The minimum absolute atomic E-state index is 0.110. The lowest BCUT2D eigenvalue weighted by atomic mass is 10.2. The second kappa shape index (κ2) is 4.81. The summed E-state index contributed by atoms with van der Waals surface area (Å²) in [6.45, 7) is 3.73. The number of aromatic amines is 1. The molecule has 74 valence electrons. The molecule has 1 heterocycles. The number of hydrogen-bond acceptors (Lipinski definition) is 2. The van der Waals surface area contributed by atoms with Crippen molar-refractivity contribution in [3.8, 4) is 0 Å². The van der Waals surface area contributed by atoms with Gasteiger partial charge in [0.15, 0.2) is 0 Å². The molecule has 0 bridgehead atoms. The summed E-state index contributed by atoms with van der Waals surface area (Å²) in [7, 11) is 0. The van der Waals surface area contributed by atoms with E-state index in [1.807, 2.05) is 0 Å². The van der Waals surface area contributed by atoms with E-state index in [0.717, 1.165) is 5.22 Å². The highest BCUT2D eigenvalue weighted by Crippen LogP contribution is 1.92. The van der Waals surface area contributed by atoms with Gasteiger partial charge in [0.2, 0.25) is 0 Å². The third-order valence-corrected chi connectivity index (χ3v) is 2.37. The molecule has 4 heteroatoms. The molecule has 1 aromatic heterocycles. The van der Waals surface area contributed by atoms with Gasteiger partial charge in [0.25, 0.3) is 5.56 Å². The molecule has 0 unspecified atom stereocenters. The van der Waals surface area contributed by atoms with Crippen molar-refractivity contribution in [2.75, 3.05) is 0 Å². The number of rotatable bonds is 2. The molecule has 1 aromatic rings. The Morgan fingerprint density at radius 2 is 2.36 bits per heavy atom. The zero-order chi connectivity index (χ0) is 10.6. The Kier molecular flexibility index (Phi) is 3.71. The summed E-state index contributed by atoms with van der Waals surface area (Å²) in [5.74, 6) is 0. The lowest BCUT2D eigenvalue weighted by Crippen LogP contribution is -2.34. The number of pyridine rings is 1. The van der Waals surface area contributed by atoms with Gasteiger partial charge in [-0.15, -0.1) is 0 Å². The van der Waals surface area contributed by atoms with Crippen LogP contribution >= 0.6 is 15.9 Å². The van der Waals surface area contributed by atoms with E-state index in [-0.39, 0.29) is 5.56 Å². The number of nitrogens with two attached hydrogens (primary N) is 1. The minimum Gasteiger partial charge on any atom is -0.405 e. The van der Waals surface area contributed by atoms with Gasteiger partial charge >= 0.3 is 0 Å². The number of nitrogens with one attached hydrogen (secondary N) is 1. The Hall–Kier alpha value is -1.29. The fourth-order valence-electron chi connectivity index (χ4n) is 1.04. The first-order chi connectivity index (χ1) is 6.69. The summed E-state index contributed by atoms with van der Waals surface area (Å²) < 4.78 is 0. The molecule has 0 saturated carbocycles. The van der Waals surface area contributed by atoms with Crippen LogP contribution in [0.25, 0.3) is 12.7 Å². The Labute approximate surface area is 89.8 Å². The van der Waals surface area contributed by atoms with Crippen molar-refractivity contribution >= 4 is 28.6 Å². The Morgan fingerprint density at radius 3 is 2.93 bits per heavy atom. The fraction of sp³-hybridized carbons (Fsp3) is 0.100. The van der Waals surface area contributed by atoms with Crippen LogP contribution in [0, 0.1) is 0 Å². The van der Waals surface area contributed by atoms with Gasteiger partial charge < -0.3 is 10.7 Å². The Bertz CT molecular complexity index is 502. The molecule has 0 saturated heterocycles. The topological polar surface area (TPSA) is 58.9 Å². The molecule has 3 nitrogen and oxygen atoms in total. The lowest BCUT2D eigenvalue weighted by molar-refractivity contribution is 1.11. The van der Waals surface area contributed by atoms with Crippen LogP contribution in [0.3, 0.4) is 0 Å². The molecule has 0 atom stereocenters. The molecule has 14 heavy (non-hydrogen) atoms. The van der Waals surface area contributed by atoms with Crippen LogP contribution in [0.15, 0.2) is 23.1 Å². The van der Waals surface area contributed by atoms with Crippen molar-refractivity contribution < 1.29 is 0 Å². The van der Waals surface area contributed by atoms with Gasteiger partial charge in [0.1, 0.15) is 0 Å². The summed E-state index contributed by atoms with van der Waals surface area (Å²) >= 11 is 3.24. The van der Waals surface area contributed by atoms with E-state index in [0.29, 0.717) is 16.2 Å². The number of halogens is 1. The average molecular weight is 255 g/mol. The zero-order valence-corrected chi connectivity index (χ0v) is 9.17. The molecular weight excluding hydrogens is 244 g/mol. The molecule has 0 aliphatic rings. The molecule has 0 aliphatic carbocycles. The molecule has 0 fully saturated rings. The maximum atomic E-state index is 11.3. The van der Waals surface area contributed by atoms with Gasteiger partial charge in [-0.05, 0) is 23.6 Å². The van der Waals surface area contributed by atoms with Crippen molar-refractivity contribution in [1.82, 2.24) is 4.98 Å². The first-order valence-electron chi connectivity index (χ1n) is 4.04. The molecule has 0 spiro atoms. The van der Waals surface area contributed by atoms with Gasteiger partial charge in [-0.2, -0.15) is 0 Å². The van der Waals surface area contributed by atoms with E-state index in [2.05, 4.69) is 27.5 Å². The summed E-state index contributed by atoms with van der Waals surface area (Å²) in [5, 5.41) is 1.98. The second-order valence-electron chi connectivity index (χ2n) is 2.74. The van der Waals surface area contributed by atoms with E-state index in [1.165, 1.54) is 6.20 Å². The molecule has 0 aliphatic heterocycles. The first-order valence-corrected chi connectivity index (χ1v) is 5.17. The van der Waals surface area contributed by atoms with E-state index >= 15 is 0 Å². The van der Waals surface area contributed by atoms with Gasteiger partial charge in [-0.3, -0.25) is 4.79 Å². The van der Waals surface area contributed by atoms with Crippen LogP contribution in [0.1, 0.15) is 5.56 Å². The van der Waals surface area contributed by atoms with Crippen molar-refractivity contribution in [2.24, 2.45) is 5.73 Å². The maximum Gasteiger partial charge on any atom is 0.252 e. The van der Waals surface area contributed by atoms with Crippen LogP contribution in [-0.4, -0.2) is 4.98 Å². The zero-order valence-electron chi connectivity index (χ0n) is 7.59. The SMILES string of the molecule is C=c1[nH]c(=O)c(CBr)c/c1=C/C=C\N. The van der Waals surface area contributed by atoms with Gasteiger partial charge in [-0.1, -0.05) is 28.6 Å². The Morgan fingerprint density at radius 1 is 1.64 bits per heavy atom. The van der Waals surface area contributed by atoms with Crippen LogP contribution in [-0.2, 0) is 5.33 Å². The molecule has 0 radical (unpaired) electrons. The first kappa shape index (κ1) is 10.8. The van der Waals surface area contributed by atoms with Crippen molar-refractivity contribution in [3.05, 3.63) is 44.8 Å². The molecule has 3 N–H and O–H groups in total. The number of hydrogen-bond donors (Lipinski definition) is 2. The fourth-order valence-corrected chi connectivity index (χ4v) is 1.45. The van der Waals surface area contributed by atoms with Gasteiger partial charge in [0.05, 0.1) is 0 Å². The van der Waals surface area contributed by atoms with E-state index in [9.17, 15) is 4.79 Å². The van der Waals surface area contributed by atoms with Crippen molar-refractivity contribution in [2.45, 2.75) is 5.33 Å². The highest BCUT2D eigenvalue weighted by molar-refractivity contribution is 9.08. The Balaban J connectivity index is 3.47. The average Bonchev–Trinajstić information content (AvgIpc) is 2.17. The largest absolute Gasteiger partial charge is 0.405 e. The van der Waals surface area contributed by atoms with Crippen molar-refractivity contribution in [1.29, 1.82) is 0 Å². The van der Waals surface area contributed by atoms with Crippen LogP contribution in [0.4, 0.5) is 0 Å². The van der Waals surface area contributed by atoms with Gasteiger partial charge in [-0.25, -0.2) is 0 Å². The third-order valence-electron chi connectivity index (χ3n) is 1.77. The van der Waals surface area contributed by atoms with Crippen LogP contribution in [0.5, 0.6) is 0 Å². The molecule has 1 rings (SSSR count). The highest BCUT2D eigenvalue weighted by atomic mass is 79.9. The third kappa shape index (κ3) is 2.35. The summed E-state index contributed by atoms with van der Waals surface area (Å²) in [4.78, 5) is 14.0. The smallest absolute Gasteiger partial charge is 0.252 e. The number of aromatic nitrogens is 1. The van der Waals surface area contributed by atoms with Crippen LogP contribution < -0.4 is 21.9 Å². The maximum absolute atomic E-state index is 11.3. The second-order valence-corrected chi connectivity index (χ2v) is 3.30. The number of allylic oxidation sites excluding steroid dienone is 1. The van der Waals surface area contributed by atoms with E-state index in [4.69, 9.17) is 5.73 Å². The number of H-pyrrole nitrogens is 1. The molecule has 0 aromatic carbocycles. The van der Waals surface area contributed by atoms with E-state index in [1.54, 1.807) is 18.2 Å². The van der Waals surface area contributed by atoms with E-state index < -0.39 is 0 Å². The van der Waals surface area contributed by atoms with Crippen molar-refractivity contribution in [3.63, 3.8) is 0 Å². The monoisotopic (exact) mass is 254 g/mol. The standard InChI is InChI=1S/C10H11BrN2O/c1-7-8(3-2-4-12)5-9(6-11)10(14)13-7/h2-5H,1,6,12H2,(H,13,14)/b4-2-,8-3-. The number of alkyl halides is 1. The predicted molar refractivity (Wildman–Crippen MR) is 62.3 cm³/mol. The quantitative estimate of drug-likeness (QED) is 0.727. The lowest BCUT2D eigenvalue weighted by Gasteiger charge is -1.94.